The molecular formula is C20H27N5O3. The third-order valence-electron chi connectivity index (χ3n) is 6.19. The van der Waals surface area contributed by atoms with Crippen LogP contribution >= 0.6 is 0 Å². The summed E-state index contributed by atoms with van der Waals surface area (Å²) >= 11 is 0. The Morgan fingerprint density at radius 3 is 2.71 bits per heavy atom. The predicted molar refractivity (Wildman–Crippen MR) is 101 cm³/mol. The van der Waals surface area contributed by atoms with Crippen LogP contribution in [0.4, 0.5) is 0 Å². The first-order chi connectivity index (χ1) is 13.4. The molecule has 2 saturated heterocycles. The molecule has 0 aromatic carbocycles. The zero-order valence-electron chi connectivity index (χ0n) is 16.6. The lowest BCUT2D eigenvalue weighted by Crippen LogP contribution is -2.41. The average molecular weight is 385 g/mol. The maximum absolute atomic E-state index is 12.8. The SMILES string of the molecule is CC(=O)N1CCC[C@H](c2ncc3c(n2)CCN(C(=O)[C@H]2CC(=O)N(C)C2)C3)C1. The Kier molecular flexibility index (Phi) is 5.03. The second-order valence-electron chi connectivity index (χ2n) is 8.19. The molecule has 0 bridgehead atoms. The van der Waals surface area contributed by atoms with E-state index in [0.717, 1.165) is 36.5 Å². The highest BCUT2D eigenvalue weighted by Crippen LogP contribution is 2.27. The predicted octanol–water partition coefficient (Wildman–Crippen LogP) is 0.566. The number of hydrogen-bond acceptors (Lipinski definition) is 5. The van der Waals surface area contributed by atoms with E-state index in [1.807, 2.05) is 16.0 Å². The lowest BCUT2D eigenvalue weighted by Gasteiger charge is -2.33. The molecule has 150 valence electrons. The topological polar surface area (TPSA) is 86.7 Å². The van der Waals surface area contributed by atoms with Gasteiger partial charge >= 0.3 is 0 Å². The summed E-state index contributed by atoms with van der Waals surface area (Å²) in [6, 6.07) is 0. The molecule has 0 aliphatic carbocycles. The summed E-state index contributed by atoms with van der Waals surface area (Å²) in [7, 11) is 1.75. The van der Waals surface area contributed by atoms with Gasteiger partial charge in [0.05, 0.1) is 11.6 Å². The van der Waals surface area contributed by atoms with Crippen molar-refractivity contribution in [2.75, 3.05) is 33.2 Å². The van der Waals surface area contributed by atoms with Crippen LogP contribution in [-0.2, 0) is 27.3 Å². The van der Waals surface area contributed by atoms with Gasteiger partial charge < -0.3 is 14.7 Å². The first-order valence-corrected chi connectivity index (χ1v) is 10.1. The first kappa shape index (κ1) is 18.8. The molecule has 0 radical (unpaired) electrons. The first-order valence-electron chi connectivity index (χ1n) is 10.1. The molecule has 4 heterocycles. The minimum atomic E-state index is -0.237. The number of rotatable bonds is 2. The van der Waals surface area contributed by atoms with Crippen molar-refractivity contribution in [3.8, 4) is 0 Å². The highest BCUT2D eigenvalue weighted by atomic mass is 16.2. The fraction of sp³-hybridized carbons (Fsp3) is 0.650. The fourth-order valence-corrected chi connectivity index (χ4v) is 4.48. The zero-order valence-corrected chi connectivity index (χ0v) is 16.6. The van der Waals surface area contributed by atoms with Crippen LogP contribution in [0.25, 0.3) is 0 Å². The van der Waals surface area contributed by atoms with Gasteiger partial charge in [-0.05, 0) is 12.8 Å². The van der Waals surface area contributed by atoms with Crippen molar-refractivity contribution in [3.05, 3.63) is 23.3 Å². The van der Waals surface area contributed by atoms with E-state index in [-0.39, 0.29) is 29.6 Å². The molecule has 8 heteroatoms. The lowest BCUT2D eigenvalue weighted by molar-refractivity contribution is -0.136. The smallest absolute Gasteiger partial charge is 0.228 e. The van der Waals surface area contributed by atoms with Crippen LogP contribution in [0.2, 0.25) is 0 Å². The summed E-state index contributed by atoms with van der Waals surface area (Å²) in [6.45, 7) is 4.74. The van der Waals surface area contributed by atoms with Crippen LogP contribution in [0.3, 0.4) is 0 Å². The summed E-state index contributed by atoms with van der Waals surface area (Å²) in [4.78, 5) is 50.9. The van der Waals surface area contributed by atoms with Gasteiger partial charge in [0.25, 0.3) is 0 Å². The highest BCUT2D eigenvalue weighted by Gasteiger charge is 2.36. The molecule has 3 amide bonds. The van der Waals surface area contributed by atoms with Crippen LogP contribution in [0.1, 0.15) is 49.2 Å². The van der Waals surface area contributed by atoms with Gasteiger partial charge in [0, 0.05) is 77.2 Å². The van der Waals surface area contributed by atoms with Crippen LogP contribution in [0.15, 0.2) is 6.20 Å². The van der Waals surface area contributed by atoms with Gasteiger partial charge in [-0.2, -0.15) is 0 Å². The van der Waals surface area contributed by atoms with E-state index in [1.54, 1.807) is 18.9 Å². The molecule has 4 rings (SSSR count). The Bertz CT molecular complexity index is 811. The maximum atomic E-state index is 12.8. The number of carbonyl (C=O) groups excluding carboxylic acids is 3. The Morgan fingerprint density at radius 2 is 2.00 bits per heavy atom. The molecule has 1 aromatic rings. The van der Waals surface area contributed by atoms with E-state index in [0.29, 0.717) is 39.0 Å². The largest absolute Gasteiger partial charge is 0.345 e. The highest BCUT2D eigenvalue weighted by molar-refractivity contribution is 5.89. The normalized spacial score (nSPS) is 25.1. The van der Waals surface area contributed by atoms with Crippen molar-refractivity contribution in [2.45, 2.75) is 45.1 Å². The van der Waals surface area contributed by atoms with Crippen molar-refractivity contribution in [1.29, 1.82) is 0 Å². The van der Waals surface area contributed by atoms with E-state index in [4.69, 9.17) is 4.98 Å². The van der Waals surface area contributed by atoms with Gasteiger partial charge in [-0.15, -0.1) is 0 Å². The Morgan fingerprint density at radius 1 is 1.18 bits per heavy atom. The molecule has 0 spiro atoms. The molecule has 3 aliphatic heterocycles. The summed E-state index contributed by atoms with van der Waals surface area (Å²) in [5.41, 5.74) is 1.99. The molecular weight excluding hydrogens is 358 g/mol. The molecule has 0 saturated carbocycles. The second-order valence-corrected chi connectivity index (χ2v) is 8.19. The molecule has 2 atom stereocenters. The van der Waals surface area contributed by atoms with E-state index >= 15 is 0 Å². The van der Waals surface area contributed by atoms with Gasteiger partial charge in [-0.25, -0.2) is 9.97 Å². The van der Waals surface area contributed by atoms with E-state index < -0.39 is 0 Å². The van der Waals surface area contributed by atoms with Crippen LogP contribution < -0.4 is 0 Å². The van der Waals surface area contributed by atoms with Gasteiger partial charge in [-0.3, -0.25) is 14.4 Å². The number of hydrogen-bond donors (Lipinski definition) is 0. The summed E-state index contributed by atoms with van der Waals surface area (Å²) in [5, 5.41) is 0. The quantitative estimate of drug-likeness (QED) is 0.743. The number of amides is 3. The van der Waals surface area contributed by atoms with Crippen LogP contribution in [0.5, 0.6) is 0 Å². The second kappa shape index (κ2) is 7.48. The van der Waals surface area contributed by atoms with E-state index in [2.05, 4.69) is 4.98 Å². The number of nitrogens with zero attached hydrogens (tertiary/aromatic N) is 5. The lowest BCUT2D eigenvalue weighted by atomic mass is 9.96. The summed E-state index contributed by atoms with van der Waals surface area (Å²) < 4.78 is 0. The Balaban J connectivity index is 1.44. The Labute approximate surface area is 164 Å². The number of likely N-dealkylation sites (tertiary alicyclic amines) is 2. The van der Waals surface area contributed by atoms with Crippen LogP contribution in [-0.4, -0.2) is 75.6 Å². The van der Waals surface area contributed by atoms with E-state index in [1.165, 1.54) is 0 Å². The third kappa shape index (κ3) is 3.59. The number of carbonyl (C=O) groups is 3. The van der Waals surface area contributed by atoms with Gasteiger partial charge in [0.2, 0.25) is 17.7 Å². The number of fused-ring (bicyclic) bond motifs is 1. The van der Waals surface area contributed by atoms with Crippen LogP contribution in [0, 0.1) is 5.92 Å². The van der Waals surface area contributed by atoms with Gasteiger partial charge in [0.1, 0.15) is 5.82 Å². The average Bonchev–Trinajstić information content (AvgIpc) is 3.05. The van der Waals surface area contributed by atoms with Crippen molar-refractivity contribution in [1.82, 2.24) is 24.7 Å². The minimum Gasteiger partial charge on any atom is -0.345 e. The van der Waals surface area contributed by atoms with Gasteiger partial charge in [0.15, 0.2) is 0 Å². The Hall–Kier alpha value is -2.51. The molecule has 1 aromatic heterocycles. The standard InChI is InChI=1S/C20H27N5O3/c1-13(26)24-6-3-4-14(11-24)19-21-9-16-12-25(7-5-17(16)22-19)20(28)15-8-18(27)23(2)10-15/h9,14-15H,3-8,10-12H2,1-2H3/t14-,15-/m0/s1. The van der Waals surface area contributed by atoms with Crippen molar-refractivity contribution >= 4 is 17.7 Å². The van der Waals surface area contributed by atoms with Gasteiger partial charge in [-0.1, -0.05) is 0 Å². The maximum Gasteiger partial charge on any atom is 0.228 e. The monoisotopic (exact) mass is 385 g/mol. The number of piperidine rings is 1. The number of aromatic nitrogens is 2. The molecule has 0 N–H and O–H groups in total. The van der Waals surface area contributed by atoms with Crippen molar-refractivity contribution < 1.29 is 14.4 Å². The summed E-state index contributed by atoms with van der Waals surface area (Å²) in [6.07, 6.45) is 4.83. The van der Waals surface area contributed by atoms with E-state index in [9.17, 15) is 14.4 Å². The summed E-state index contributed by atoms with van der Waals surface area (Å²) in [5.74, 6) is 0.953. The molecule has 8 nitrogen and oxygen atoms in total. The molecule has 0 unspecified atom stereocenters. The zero-order chi connectivity index (χ0) is 19.8. The molecule has 28 heavy (non-hydrogen) atoms. The third-order valence-corrected chi connectivity index (χ3v) is 6.19. The minimum absolute atomic E-state index is 0.0378. The van der Waals surface area contributed by atoms with Crippen molar-refractivity contribution in [3.63, 3.8) is 0 Å². The van der Waals surface area contributed by atoms with Crippen molar-refractivity contribution in [2.24, 2.45) is 5.92 Å². The fourth-order valence-electron chi connectivity index (χ4n) is 4.48. The molecule has 2 fully saturated rings. The molecule has 3 aliphatic rings.